The van der Waals surface area contributed by atoms with Gasteiger partial charge in [0.05, 0.1) is 5.39 Å². The van der Waals surface area contributed by atoms with Crippen molar-refractivity contribution >= 4 is 33.1 Å². The number of thiophene rings is 1. The largest absolute Gasteiger partial charge is 0.396 e. The van der Waals surface area contributed by atoms with Crippen molar-refractivity contribution in [2.45, 2.75) is 53.4 Å². The van der Waals surface area contributed by atoms with Crippen molar-refractivity contribution in [2.24, 2.45) is 11.3 Å². The molecule has 3 aromatic heterocycles. The zero-order valence-electron chi connectivity index (χ0n) is 16.9. The summed E-state index contributed by atoms with van der Waals surface area (Å²) in [5.41, 5.74) is 2.35. The summed E-state index contributed by atoms with van der Waals surface area (Å²) in [7, 11) is 0. The molecule has 28 heavy (non-hydrogen) atoms. The lowest BCUT2D eigenvalue weighted by Gasteiger charge is -2.33. The molecule has 0 bridgehead atoms. The maximum Gasteiger partial charge on any atom is 0.290 e. The molecule has 8 heteroatoms. The van der Waals surface area contributed by atoms with E-state index in [0.717, 1.165) is 41.0 Å². The number of fused-ring (bicyclic) bond motifs is 5. The van der Waals surface area contributed by atoms with Crippen molar-refractivity contribution in [3.05, 3.63) is 22.1 Å². The van der Waals surface area contributed by atoms with Gasteiger partial charge in [0.15, 0.2) is 5.65 Å². The molecule has 4 rings (SSSR count). The predicted molar refractivity (Wildman–Crippen MR) is 110 cm³/mol. The van der Waals surface area contributed by atoms with E-state index in [0.29, 0.717) is 24.3 Å². The third kappa shape index (κ3) is 3.28. The molecule has 1 unspecified atom stereocenters. The molecule has 1 aliphatic rings. The van der Waals surface area contributed by atoms with Gasteiger partial charge >= 0.3 is 0 Å². The average Bonchev–Trinajstić information content (AvgIpc) is 3.21. The second-order valence-electron chi connectivity index (χ2n) is 8.65. The number of hydrogen-bond acceptors (Lipinski definition) is 6. The van der Waals surface area contributed by atoms with E-state index in [1.807, 2.05) is 6.92 Å². The number of hydrogen-bond donors (Lipinski definition) is 2. The van der Waals surface area contributed by atoms with Gasteiger partial charge in [-0.25, -0.2) is 9.97 Å². The lowest BCUT2D eigenvalue weighted by molar-refractivity contribution is 0.0941. The van der Waals surface area contributed by atoms with Crippen molar-refractivity contribution in [3.63, 3.8) is 0 Å². The molecule has 1 aliphatic carbocycles. The Labute approximate surface area is 168 Å². The first-order valence-corrected chi connectivity index (χ1v) is 10.7. The van der Waals surface area contributed by atoms with E-state index in [1.165, 1.54) is 10.4 Å². The molecular formula is C20H27N5O2S. The van der Waals surface area contributed by atoms with Crippen LogP contribution in [-0.4, -0.2) is 43.7 Å². The van der Waals surface area contributed by atoms with E-state index < -0.39 is 0 Å². The van der Waals surface area contributed by atoms with Crippen LogP contribution in [0.3, 0.4) is 0 Å². The Kier molecular flexibility index (Phi) is 4.87. The highest BCUT2D eigenvalue weighted by Crippen LogP contribution is 2.43. The average molecular weight is 402 g/mol. The lowest BCUT2D eigenvalue weighted by Crippen LogP contribution is -2.26. The molecule has 3 aromatic rings. The van der Waals surface area contributed by atoms with Crippen molar-refractivity contribution in [3.8, 4) is 0 Å². The quantitative estimate of drug-likeness (QED) is 0.656. The van der Waals surface area contributed by atoms with Crippen molar-refractivity contribution in [2.75, 3.05) is 13.2 Å². The fraction of sp³-hybridized carbons (Fsp3) is 0.600. The number of aryl methyl sites for hydroxylation is 2. The number of nitrogens with one attached hydrogen (secondary N) is 1. The Bertz CT molecular complexity index is 1050. The van der Waals surface area contributed by atoms with Crippen LogP contribution in [-0.2, 0) is 12.8 Å². The van der Waals surface area contributed by atoms with Gasteiger partial charge in [-0.2, -0.15) is 4.52 Å². The fourth-order valence-corrected chi connectivity index (χ4v) is 5.31. The number of aliphatic hydroxyl groups excluding tert-OH is 1. The molecule has 1 amide bonds. The summed E-state index contributed by atoms with van der Waals surface area (Å²) in [6.45, 7) is 9.29. The van der Waals surface area contributed by atoms with E-state index >= 15 is 0 Å². The van der Waals surface area contributed by atoms with E-state index in [2.05, 4.69) is 36.2 Å². The normalized spacial score (nSPS) is 17.2. The molecule has 150 valence electrons. The smallest absolute Gasteiger partial charge is 0.290 e. The highest BCUT2D eigenvalue weighted by Gasteiger charge is 2.32. The van der Waals surface area contributed by atoms with Crippen LogP contribution in [0.5, 0.6) is 0 Å². The van der Waals surface area contributed by atoms with Gasteiger partial charge in [-0.05, 0) is 49.5 Å². The number of nitrogens with zero attached hydrogens (tertiary/aromatic N) is 4. The summed E-state index contributed by atoms with van der Waals surface area (Å²) >= 11 is 1.76. The van der Waals surface area contributed by atoms with Crippen LogP contribution in [0.2, 0.25) is 0 Å². The first-order valence-electron chi connectivity index (χ1n) is 9.86. The number of aliphatic hydroxyl groups is 1. The minimum Gasteiger partial charge on any atom is -0.396 e. The SMILES string of the molecule is Cc1nc2sc3c(c2c2nc(C(=O)NCCCO)nn12)CCC(C(C)(C)C)C3. The monoisotopic (exact) mass is 401 g/mol. The summed E-state index contributed by atoms with van der Waals surface area (Å²) in [5, 5.41) is 17.1. The lowest BCUT2D eigenvalue weighted by atomic mass is 9.72. The number of amides is 1. The topological polar surface area (TPSA) is 92.4 Å². The van der Waals surface area contributed by atoms with Crippen LogP contribution in [0, 0.1) is 18.3 Å². The Hall–Kier alpha value is -2.06. The van der Waals surface area contributed by atoms with Gasteiger partial charge in [-0.15, -0.1) is 16.4 Å². The highest BCUT2D eigenvalue weighted by molar-refractivity contribution is 7.19. The highest BCUT2D eigenvalue weighted by atomic mass is 32.1. The molecule has 0 aromatic carbocycles. The van der Waals surface area contributed by atoms with Crippen LogP contribution in [0.25, 0.3) is 15.9 Å². The van der Waals surface area contributed by atoms with Gasteiger partial charge in [-0.3, -0.25) is 4.79 Å². The van der Waals surface area contributed by atoms with Crippen LogP contribution in [0.4, 0.5) is 0 Å². The molecule has 0 aliphatic heterocycles. The Morgan fingerprint density at radius 1 is 1.36 bits per heavy atom. The number of carbonyl (C=O) groups excluding carboxylic acids is 1. The van der Waals surface area contributed by atoms with Gasteiger partial charge in [0.25, 0.3) is 5.91 Å². The van der Waals surface area contributed by atoms with Gasteiger partial charge in [0, 0.05) is 18.0 Å². The first kappa shape index (κ1) is 19.3. The van der Waals surface area contributed by atoms with Crippen LogP contribution in [0.1, 0.15) is 60.5 Å². The van der Waals surface area contributed by atoms with Gasteiger partial charge in [0.2, 0.25) is 5.82 Å². The van der Waals surface area contributed by atoms with Crippen molar-refractivity contribution < 1.29 is 9.90 Å². The van der Waals surface area contributed by atoms with E-state index in [4.69, 9.17) is 10.1 Å². The summed E-state index contributed by atoms with van der Waals surface area (Å²) < 4.78 is 1.69. The number of rotatable bonds is 4. The Balaban J connectivity index is 1.77. The summed E-state index contributed by atoms with van der Waals surface area (Å²) in [4.78, 5) is 24.1. The molecule has 0 radical (unpaired) electrons. The van der Waals surface area contributed by atoms with Crippen LogP contribution < -0.4 is 5.32 Å². The maximum atomic E-state index is 12.4. The Morgan fingerprint density at radius 2 is 2.14 bits per heavy atom. The third-order valence-electron chi connectivity index (χ3n) is 5.70. The van der Waals surface area contributed by atoms with Crippen LogP contribution >= 0.6 is 11.3 Å². The van der Waals surface area contributed by atoms with Crippen molar-refractivity contribution in [1.82, 2.24) is 24.9 Å². The van der Waals surface area contributed by atoms with E-state index in [-0.39, 0.29) is 18.3 Å². The second kappa shape index (κ2) is 7.08. The molecule has 7 nitrogen and oxygen atoms in total. The summed E-state index contributed by atoms with van der Waals surface area (Å²) in [5.74, 6) is 1.23. The molecule has 3 heterocycles. The standard InChI is InChI=1S/C20H27N5O2S/c1-11-22-19-15(13-7-6-12(20(2,3)4)10-14(13)28-19)17-23-16(24-25(11)17)18(27)21-8-5-9-26/h12,26H,5-10H2,1-4H3,(H,21,27). The van der Waals surface area contributed by atoms with Gasteiger partial charge in [0.1, 0.15) is 10.7 Å². The predicted octanol–water partition coefficient (Wildman–Crippen LogP) is 2.91. The molecule has 0 saturated heterocycles. The molecule has 2 N–H and O–H groups in total. The third-order valence-corrected chi connectivity index (χ3v) is 6.84. The second-order valence-corrected chi connectivity index (χ2v) is 9.74. The zero-order valence-corrected chi connectivity index (χ0v) is 17.7. The van der Waals surface area contributed by atoms with Gasteiger partial charge in [-0.1, -0.05) is 20.8 Å². The summed E-state index contributed by atoms with van der Waals surface area (Å²) in [6, 6.07) is 0. The minimum absolute atomic E-state index is 0.0408. The van der Waals surface area contributed by atoms with E-state index in [9.17, 15) is 4.79 Å². The minimum atomic E-state index is -0.318. The van der Waals surface area contributed by atoms with Crippen molar-refractivity contribution in [1.29, 1.82) is 0 Å². The maximum absolute atomic E-state index is 12.4. The molecule has 0 saturated carbocycles. The van der Waals surface area contributed by atoms with E-state index in [1.54, 1.807) is 15.9 Å². The van der Waals surface area contributed by atoms with Crippen LogP contribution in [0.15, 0.2) is 0 Å². The Morgan fingerprint density at radius 3 is 2.86 bits per heavy atom. The zero-order chi connectivity index (χ0) is 20.1. The molecule has 1 atom stereocenters. The summed E-state index contributed by atoms with van der Waals surface area (Å²) in [6.07, 6.45) is 3.76. The number of aromatic nitrogens is 4. The first-order chi connectivity index (χ1) is 13.3. The fourth-order valence-electron chi connectivity index (χ4n) is 3.97. The van der Waals surface area contributed by atoms with Gasteiger partial charge < -0.3 is 10.4 Å². The molecular weight excluding hydrogens is 374 g/mol. The molecule has 0 fully saturated rings. The number of carbonyl (C=O) groups is 1. The molecule has 0 spiro atoms.